The first-order chi connectivity index (χ1) is 15.6. The highest BCUT2D eigenvalue weighted by Crippen LogP contribution is 2.38. The molecule has 8 nitrogen and oxygen atoms in total. The van der Waals surface area contributed by atoms with Gasteiger partial charge < -0.3 is 19.4 Å². The summed E-state index contributed by atoms with van der Waals surface area (Å²) in [5, 5.41) is 2.75. The van der Waals surface area contributed by atoms with Gasteiger partial charge in [-0.05, 0) is 31.9 Å². The Balaban J connectivity index is 1.46. The minimum absolute atomic E-state index is 0.0683. The minimum Gasteiger partial charge on any atom is -0.483 e. The Bertz CT molecular complexity index is 1120. The van der Waals surface area contributed by atoms with Gasteiger partial charge in [0.05, 0.1) is 18.5 Å². The highest BCUT2D eigenvalue weighted by molar-refractivity contribution is 6.02. The topological polar surface area (TPSA) is 92.9 Å². The second-order valence-electron chi connectivity index (χ2n) is 7.92. The smallest absolute Gasteiger partial charge is 0.422 e. The van der Waals surface area contributed by atoms with E-state index in [-0.39, 0.29) is 23.6 Å². The Morgan fingerprint density at radius 1 is 1.45 bits per heavy atom. The number of alkyl halides is 3. The van der Waals surface area contributed by atoms with Gasteiger partial charge in [0.1, 0.15) is 11.6 Å². The molecule has 4 heterocycles. The fourth-order valence-corrected chi connectivity index (χ4v) is 3.90. The normalized spacial score (nSPS) is 19.0. The Hall–Kier alpha value is -3.63. The maximum atomic E-state index is 12.5. The molecular weight excluding hydrogens is 439 g/mol. The summed E-state index contributed by atoms with van der Waals surface area (Å²) < 4.78 is 47.3. The Morgan fingerprint density at radius 3 is 2.91 bits per heavy atom. The molecule has 2 aliphatic heterocycles. The summed E-state index contributed by atoms with van der Waals surface area (Å²) in [4.78, 5) is 26.9. The third-order valence-corrected chi connectivity index (χ3v) is 5.69. The SMILES string of the molecule is C=C1c2ccnc(NC(=O)c3cnco3)c2CN1C(C)C1CC(C)=C(OCC(F)(F)F)C=N1. The molecule has 0 aromatic carbocycles. The fraction of sp³-hybridized carbons (Fsp3) is 0.364. The van der Waals surface area contributed by atoms with E-state index in [1.165, 1.54) is 18.8 Å². The maximum Gasteiger partial charge on any atom is 0.422 e. The van der Waals surface area contributed by atoms with Gasteiger partial charge in [-0.3, -0.25) is 9.79 Å². The summed E-state index contributed by atoms with van der Waals surface area (Å²) in [6.45, 7) is 7.02. The lowest BCUT2D eigenvalue weighted by atomic mass is 9.97. The number of rotatable bonds is 6. The molecule has 0 saturated heterocycles. The number of oxazole rings is 1. The lowest BCUT2D eigenvalue weighted by Gasteiger charge is -2.33. The molecule has 33 heavy (non-hydrogen) atoms. The summed E-state index contributed by atoms with van der Waals surface area (Å²) in [5.41, 5.74) is 3.12. The number of ether oxygens (including phenoxy) is 1. The molecule has 2 unspecified atom stereocenters. The van der Waals surface area contributed by atoms with E-state index in [1.54, 1.807) is 13.1 Å². The predicted molar refractivity (Wildman–Crippen MR) is 114 cm³/mol. The van der Waals surface area contributed by atoms with Gasteiger partial charge in [0.2, 0.25) is 5.76 Å². The van der Waals surface area contributed by atoms with Crippen LogP contribution in [0.5, 0.6) is 0 Å². The molecule has 0 bridgehead atoms. The molecule has 0 aliphatic carbocycles. The highest BCUT2D eigenvalue weighted by atomic mass is 19.4. The standard InChI is InChI=1S/C22H22F3N5O3/c1-12-6-17(28-8-18(12)32-10-22(23,24)25)14(3)30-9-16-15(13(30)2)4-5-27-20(16)29-21(31)19-7-26-11-33-19/h4-5,7-8,11,14,17H,2,6,9-10H2,1,3H3,(H,27,29,31). The van der Waals surface area contributed by atoms with E-state index in [0.717, 1.165) is 16.8 Å². The fourth-order valence-electron chi connectivity index (χ4n) is 3.90. The van der Waals surface area contributed by atoms with Crippen LogP contribution in [-0.2, 0) is 11.3 Å². The van der Waals surface area contributed by atoms with Crippen LogP contribution < -0.4 is 5.32 Å². The van der Waals surface area contributed by atoms with Gasteiger partial charge in [0.15, 0.2) is 13.0 Å². The van der Waals surface area contributed by atoms with Gasteiger partial charge in [-0.1, -0.05) is 6.58 Å². The summed E-state index contributed by atoms with van der Waals surface area (Å²) in [7, 11) is 0. The number of nitrogens with zero attached hydrogens (tertiary/aromatic N) is 4. The molecule has 0 fully saturated rings. The van der Waals surface area contributed by atoms with E-state index in [9.17, 15) is 18.0 Å². The second kappa shape index (κ2) is 8.72. The molecule has 2 aliphatic rings. The van der Waals surface area contributed by atoms with Crippen molar-refractivity contribution in [3.05, 3.63) is 59.7 Å². The number of aromatic nitrogens is 2. The highest BCUT2D eigenvalue weighted by Gasteiger charge is 2.34. The summed E-state index contributed by atoms with van der Waals surface area (Å²) in [5.74, 6) is 0.157. The molecular formula is C22H22F3N5O3. The third kappa shape index (κ3) is 4.76. The number of carbonyl (C=O) groups excluding carboxylic acids is 1. The van der Waals surface area contributed by atoms with Crippen LogP contribution in [-0.4, -0.2) is 51.9 Å². The van der Waals surface area contributed by atoms with Crippen molar-refractivity contribution in [2.24, 2.45) is 4.99 Å². The molecule has 2 aromatic heterocycles. The Kier molecular flexibility index (Phi) is 5.96. The third-order valence-electron chi connectivity index (χ3n) is 5.69. The van der Waals surface area contributed by atoms with Crippen molar-refractivity contribution in [1.29, 1.82) is 0 Å². The van der Waals surface area contributed by atoms with Crippen molar-refractivity contribution in [3.63, 3.8) is 0 Å². The summed E-state index contributed by atoms with van der Waals surface area (Å²) in [6.07, 6.45) is 1.49. The number of hydrogen-bond acceptors (Lipinski definition) is 7. The molecule has 0 spiro atoms. The number of allylic oxidation sites excluding steroid dienone is 1. The van der Waals surface area contributed by atoms with Crippen molar-refractivity contribution in [2.45, 2.75) is 45.1 Å². The van der Waals surface area contributed by atoms with Crippen molar-refractivity contribution in [3.8, 4) is 0 Å². The van der Waals surface area contributed by atoms with Crippen LogP contribution in [0.25, 0.3) is 5.70 Å². The molecule has 0 saturated carbocycles. The molecule has 4 rings (SSSR count). The van der Waals surface area contributed by atoms with Gasteiger partial charge in [0, 0.05) is 35.6 Å². The van der Waals surface area contributed by atoms with Crippen molar-refractivity contribution in [1.82, 2.24) is 14.9 Å². The minimum atomic E-state index is -4.40. The largest absolute Gasteiger partial charge is 0.483 e. The van der Waals surface area contributed by atoms with Crippen LogP contribution in [0, 0.1) is 0 Å². The number of aliphatic imine (C=N–C) groups is 1. The Morgan fingerprint density at radius 2 is 2.24 bits per heavy atom. The first-order valence-corrected chi connectivity index (χ1v) is 10.2. The average Bonchev–Trinajstić information content (AvgIpc) is 3.41. The van der Waals surface area contributed by atoms with Crippen LogP contribution in [0.1, 0.15) is 41.9 Å². The van der Waals surface area contributed by atoms with E-state index in [2.05, 4.69) is 26.9 Å². The van der Waals surface area contributed by atoms with E-state index in [0.29, 0.717) is 24.4 Å². The molecule has 2 atom stereocenters. The van der Waals surface area contributed by atoms with Crippen molar-refractivity contribution < 1.29 is 27.1 Å². The number of nitrogens with one attached hydrogen (secondary N) is 1. The van der Waals surface area contributed by atoms with Crippen molar-refractivity contribution in [2.75, 3.05) is 11.9 Å². The number of hydrogen-bond donors (Lipinski definition) is 1. The molecule has 11 heteroatoms. The summed E-state index contributed by atoms with van der Waals surface area (Å²) in [6, 6.07) is 1.51. The Labute approximate surface area is 187 Å². The number of carbonyl (C=O) groups is 1. The van der Waals surface area contributed by atoms with Gasteiger partial charge >= 0.3 is 6.18 Å². The van der Waals surface area contributed by atoms with Gasteiger partial charge in [0.25, 0.3) is 5.91 Å². The zero-order valence-corrected chi connectivity index (χ0v) is 18.0. The van der Waals surface area contributed by atoms with E-state index in [4.69, 9.17) is 9.15 Å². The zero-order valence-electron chi connectivity index (χ0n) is 18.0. The summed E-state index contributed by atoms with van der Waals surface area (Å²) >= 11 is 0. The lowest BCUT2D eigenvalue weighted by Crippen LogP contribution is -2.38. The quantitative estimate of drug-likeness (QED) is 0.694. The average molecular weight is 461 g/mol. The van der Waals surface area contributed by atoms with E-state index >= 15 is 0 Å². The van der Waals surface area contributed by atoms with E-state index in [1.807, 2.05) is 17.9 Å². The number of dihydropyridines is 1. The number of halogens is 3. The number of fused-ring (bicyclic) bond motifs is 1. The van der Waals surface area contributed by atoms with Crippen LogP contribution in [0.2, 0.25) is 0 Å². The second-order valence-corrected chi connectivity index (χ2v) is 7.92. The van der Waals surface area contributed by atoms with Gasteiger partial charge in [-0.25, -0.2) is 9.97 Å². The zero-order chi connectivity index (χ0) is 23.8. The van der Waals surface area contributed by atoms with Crippen LogP contribution in [0.4, 0.5) is 19.0 Å². The molecule has 1 amide bonds. The first kappa shape index (κ1) is 22.6. The van der Waals surface area contributed by atoms with E-state index < -0.39 is 18.7 Å². The molecule has 1 N–H and O–H groups in total. The van der Waals surface area contributed by atoms with Gasteiger partial charge in [-0.2, -0.15) is 13.2 Å². The molecule has 174 valence electrons. The molecule has 0 radical (unpaired) electrons. The number of anilines is 1. The van der Waals surface area contributed by atoms with Crippen LogP contribution in [0.15, 0.2) is 52.2 Å². The van der Waals surface area contributed by atoms with Crippen LogP contribution in [0.3, 0.4) is 0 Å². The predicted octanol–water partition coefficient (Wildman–Crippen LogP) is 4.19. The van der Waals surface area contributed by atoms with Gasteiger partial charge in [-0.15, -0.1) is 0 Å². The lowest BCUT2D eigenvalue weighted by molar-refractivity contribution is -0.163. The maximum absolute atomic E-state index is 12.5. The monoisotopic (exact) mass is 461 g/mol. The first-order valence-electron chi connectivity index (χ1n) is 10.2. The number of pyridine rings is 1. The van der Waals surface area contributed by atoms with Crippen molar-refractivity contribution >= 4 is 23.6 Å². The molecule has 2 aromatic rings. The van der Waals surface area contributed by atoms with Crippen LogP contribution >= 0.6 is 0 Å². The number of amides is 1.